The average Bonchev–Trinajstić information content (AvgIpc) is 2.59. The second-order valence-corrected chi connectivity index (χ2v) is 6.94. The third-order valence-corrected chi connectivity index (χ3v) is 4.88. The molecule has 23 heavy (non-hydrogen) atoms. The van der Waals surface area contributed by atoms with Gasteiger partial charge in [0.2, 0.25) is 0 Å². The number of ether oxygens (including phenoxy) is 1. The van der Waals surface area contributed by atoms with Crippen molar-refractivity contribution in [1.82, 2.24) is 9.80 Å². The summed E-state index contributed by atoms with van der Waals surface area (Å²) in [4.78, 5) is 5.06. The summed E-state index contributed by atoms with van der Waals surface area (Å²) >= 11 is 3.49. The molecule has 0 aliphatic carbocycles. The van der Waals surface area contributed by atoms with Gasteiger partial charge in [0.25, 0.3) is 0 Å². The molecule has 4 heteroatoms. The molecule has 122 valence electrons. The SMILES string of the molecule is COc1ccc(CN2CCN(Cc3ccc(Br)cc3)CC2)cc1. The molecule has 3 nitrogen and oxygen atoms in total. The minimum Gasteiger partial charge on any atom is -0.497 e. The minimum atomic E-state index is 0.924. The van der Waals surface area contributed by atoms with Gasteiger partial charge in [-0.2, -0.15) is 0 Å². The number of rotatable bonds is 5. The van der Waals surface area contributed by atoms with Crippen molar-refractivity contribution in [3.8, 4) is 5.75 Å². The molecular weight excluding hydrogens is 352 g/mol. The summed E-state index contributed by atoms with van der Waals surface area (Å²) in [5, 5.41) is 0. The fourth-order valence-electron chi connectivity index (χ4n) is 2.94. The molecule has 0 bridgehead atoms. The van der Waals surface area contributed by atoms with E-state index in [1.807, 2.05) is 12.1 Å². The number of piperazine rings is 1. The third kappa shape index (κ3) is 4.80. The zero-order chi connectivity index (χ0) is 16.1. The van der Waals surface area contributed by atoms with Crippen molar-refractivity contribution in [3.63, 3.8) is 0 Å². The monoisotopic (exact) mass is 374 g/mol. The van der Waals surface area contributed by atoms with Crippen LogP contribution >= 0.6 is 15.9 Å². The van der Waals surface area contributed by atoms with Crippen LogP contribution in [0.15, 0.2) is 53.0 Å². The fraction of sp³-hybridized carbons (Fsp3) is 0.368. The highest BCUT2D eigenvalue weighted by atomic mass is 79.9. The predicted molar refractivity (Wildman–Crippen MR) is 97.7 cm³/mol. The molecule has 0 aromatic heterocycles. The van der Waals surface area contributed by atoms with E-state index in [4.69, 9.17) is 4.74 Å². The number of nitrogens with zero attached hydrogens (tertiary/aromatic N) is 2. The predicted octanol–water partition coefficient (Wildman–Crippen LogP) is 3.78. The molecule has 2 aromatic rings. The van der Waals surface area contributed by atoms with E-state index in [1.165, 1.54) is 11.1 Å². The van der Waals surface area contributed by atoms with Gasteiger partial charge in [-0.15, -0.1) is 0 Å². The van der Waals surface area contributed by atoms with Crippen molar-refractivity contribution in [2.24, 2.45) is 0 Å². The van der Waals surface area contributed by atoms with Crippen molar-refractivity contribution in [2.45, 2.75) is 13.1 Å². The van der Waals surface area contributed by atoms with Crippen LogP contribution in [0.3, 0.4) is 0 Å². The maximum atomic E-state index is 5.21. The Kier molecular flexibility index (Phi) is 5.70. The first-order valence-corrected chi connectivity index (χ1v) is 8.84. The molecule has 0 atom stereocenters. The van der Waals surface area contributed by atoms with Crippen LogP contribution in [0.1, 0.15) is 11.1 Å². The molecule has 1 heterocycles. The lowest BCUT2D eigenvalue weighted by Gasteiger charge is -2.34. The van der Waals surface area contributed by atoms with Crippen molar-refractivity contribution >= 4 is 15.9 Å². The molecule has 0 unspecified atom stereocenters. The quantitative estimate of drug-likeness (QED) is 0.791. The van der Waals surface area contributed by atoms with Crippen LogP contribution in [0.2, 0.25) is 0 Å². The number of methoxy groups -OCH3 is 1. The van der Waals surface area contributed by atoms with Crippen LogP contribution in [-0.2, 0) is 13.1 Å². The lowest BCUT2D eigenvalue weighted by Crippen LogP contribution is -2.45. The van der Waals surface area contributed by atoms with Gasteiger partial charge in [-0.05, 0) is 35.4 Å². The Morgan fingerprint density at radius 2 is 1.22 bits per heavy atom. The number of hydrogen-bond acceptors (Lipinski definition) is 3. The zero-order valence-corrected chi connectivity index (χ0v) is 15.1. The summed E-state index contributed by atoms with van der Waals surface area (Å²) in [5.74, 6) is 0.924. The first-order chi connectivity index (χ1) is 11.2. The van der Waals surface area contributed by atoms with E-state index < -0.39 is 0 Å². The van der Waals surface area contributed by atoms with Gasteiger partial charge in [0.1, 0.15) is 5.75 Å². The normalized spacial score (nSPS) is 16.4. The molecule has 1 aliphatic rings. The molecule has 1 fully saturated rings. The highest BCUT2D eigenvalue weighted by Crippen LogP contribution is 2.16. The second kappa shape index (κ2) is 7.95. The van der Waals surface area contributed by atoms with Crippen LogP contribution in [0, 0.1) is 0 Å². The first-order valence-electron chi connectivity index (χ1n) is 8.05. The van der Waals surface area contributed by atoms with Crippen LogP contribution < -0.4 is 4.74 Å². The van der Waals surface area contributed by atoms with Crippen molar-refractivity contribution in [2.75, 3.05) is 33.3 Å². The van der Waals surface area contributed by atoms with E-state index in [-0.39, 0.29) is 0 Å². The Hall–Kier alpha value is -1.36. The van der Waals surface area contributed by atoms with Gasteiger partial charge in [-0.1, -0.05) is 40.2 Å². The van der Waals surface area contributed by atoms with Crippen molar-refractivity contribution in [3.05, 3.63) is 64.1 Å². The van der Waals surface area contributed by atoms with Crippen LogP contribution in [-0.4, -0.2) is 43.1 Å². The van der Waals surface area contributed by atoms with Gasteiger partial charge < -0.3 is 4.74 Å². The Morgan fingerprint density at radius 3 is 1.65 bits per heavy atom. The number of halogens is 1. The molecule has 2 aromatic carbocycles. The molecule has 3 rings (SSSR count). The molecule has 0 saturated carbocycles. The zero-order valence-electron chi connectivity index (χ0n) is 13.5. The van der Waals surface area contributed by atoms with Gasteiger partial charge in [0.15, 0.2) is 0 Å². The smallest absolute Gasteiger partial charge is 0.118 e. The van der Waals surface area contributed by atoms with Gasteiger partial charge >= 0.3 is 0 Å². The first kappa shape index (κ1) is 16.5. The van der Waals surface area contributed by atoms with E-state index in [1.54, 1.807) is 7.11 Å². The Labute approximate surface area is 147 Å². The molecule has 1 saturated heterocycles. The van der Waals surface area contributed by atoms with E-state index in [9.17, 15) is 0 Å². The standard InChI is InChI=1S/C19H23BrN2O/c1-23-19-8-4-17(5-9-19)15-22-12-10-21(11-13-22)14-16-2-6-18(20)7-3-16/h2-9H,10-15H2,1H3. The van der Waals surface area contributed by atoms with E-state index in [0.29, 0.717) is 0 Å². The Morgan fingerprint density at radius 1 is 0.783 bits per heavy atom. The van der Waals surface area contributed by atoms with Crippen LogP contribution in [0.25, 0.3) is 0 Å². The van der Waals surface area contributed by atoms with Crippen molar-refractivity contribution in [1.29, 1.82) is 0 Å². The lowest BCUT2D eigenvalue weighted by atomic mass is 10.1. The van der Waals surface area contributed by atoms with Gasteiger partial charge in [0, 0.05) is 43.7 Å². The molecule has 0 radical (unpaired) electrons. The maximum absolute atomic E-state index is 5.21. The van der Waals surface area contributed by atoms with Gasteiger partial charge in [0.05, 0.1) is 7.11 Å². The topological polar surface area (TPSA) is 15.7 Å². The highest BCUT2D eigenvalue weighted by Gasteiger charge is 2.17. The Bertz CT molecular complexity index is 604. The summed E-state index contributed by atoms with van der Waals surface area (Å²) in [6.45, 7) is 6.59. The van der Waals surface area contributed by atoms with E-state index in [0.717, 1.165) is 49.5 Å². The van der Waals surface area contributed by atoms with E-state index in [2.05, 4.69) is 62.1 Å². The second-order valence-electron chi connectivity index (χ2n) is 6.03. The van der Waals surface area contributed by atoms with E-state index >= 15 is 0 Å². The summed E-state index contributed by atoms with van der Waals surface area (Å²) in [7, 11) is 1.71. The molecular formula is C19H23BrN2O. The summed E-state index contributed by atoms with van der Waals surface area (Å²) in [6.07, 6.45) is 0. The summed E-state index contributed by atoms with van der Waals surface area (Å²) < 4.78 is 6.36. The van der Waals surface area contributed by atoms with Crippen LogP contribution in [0.4, 0.5) is 0 Å². The minimum absolute atomic E-state index is 0.924. The molecule has 1 aliphatic heterocycles. The number of benzene rings is 2. The van der Waals surface area contributed by atoms with Gasteiger partial charge in [-0.25, -0.2) is 0 Å². The highest BCUT2D eigenvalue weighted by molar-refractivity contribution is 9.10. The lowest BCUT2D eigenvalue weighted by molar-refractivity contribution is 0.122. The fourth-order valence-corrected chi connectivity index (χ4v) is 3.21. The summed E-state index contributed by atoms with van der Waals surface area (Å²) in [5.41, 5.74) is 2.74. The van der Waals surface area contributed by atoms with Crippen molar-refractivity contribution < 1.29 is 4.74 Å². The largest absolute Gasteiger partial charge is 0.497 e. The molecule has 0 spiro atoms. The van der Waals surface area contributed by atoms with Crippen LogP contribution in [0.5, 0.6) is 5.75 Å². The Balaban J connectivity index is 1.47. The maximum Gasteiger partial charge on any atom is 0.118 e. The number of hydrogen-bond donors (Lipinski definition) is 0. The average molecular weight is 375 g/mol. The molecule has 0 N–H and O–H groups in total. The third-order valence-electron chi connectivity index (χ3n) is 4.35. The summed E-state index contributed by atoms with van der Waals surface area (Å²) in [6, 6.07) is 17.0. The van der Waals surface area contributed by atoms with Gasteiger partial charge in [-0.3, -0.25) is 9.80 Å². The molecule has 0 amide bonds.